The third-order valence-electron chi connectivity index (χ3n) is 2.33. The number of hydrogen-bond donors (Lipinski definition) is 2. The fourth-order valence-corrected chi connectivity index (χ4v) is 1.62. The molecular formula is C12H13ClFmNO4-. The first kappa shape index (κ1) is 16.2. The van der Waals surface area contributed by atoms with Crippen molar-refractivity contribution in [2.45, 2.75) is 19.4 Å². The molecule has 0 spiro atoms. The van der Waals surface area contributed by atoms with Crippen molar-refractivity contribution in [1.29, 1.82) is 0 Å². The number of carbonyl (C=O) groups is 1. The maximum atomic E-state index is 10.7. The van der Waals surface area contributed by atoms with Crippen LogP contribution in [0.15, 0.2) is 18.2 Å². The van der Waals surface area contributed by atoms with Gasteiger partial charge in [0, 0.05) is 11.4 Å². The molecule has 0 heterocycles. The molecule has 1 atom stereocenters. The van der Waals surface area contributed by atoms with Crippen molar-refractivity contribution in [3.63, 3.8) is 0 Å². The summed E-state index contributed by atoms with van der Waals surface area (Å²) < 4.78 is 5.43. The Morgan fingerprint density at radius 3 is 2.79 bits per heavy atom. The van der Waals surface area contributed by atoms with Crippen LogP contribution in [0.5, 0.6) is 5.75 Å². The van der Waals surface area contributed by atoms with Gasteiger partial charge in [0.1, 0.15) is 11.8 Å². The molecule has 1 rings (SSSR count). The number of hydrogen-bond acceptors (Lipinski definition) is 3. The van der Waals surface area contributed by atoms with Crippen LogP contribution < -0.4 is 10.1 Å². The van der Waals surface area contributed by atoms with E-state index in [-0.39, 0.29) is 13.0 Å². The number of aliphatic carboxylic acids is 1. The predicted octanol–water partition coefficient (Wildman–Crippen LogP) is 1.53. The minimum atomic E-state index is -1.12. The Hall–Kier alpha value is -2.75. The number of ether oxygens (including phenoxy) is 1. The van der Waals surface area contributed by atoms with Gasteiger partial charge < -0.3 is 20.0 Å². The zero-order valence-corrected chi connectivity index (χ0v) is 13.2. The van der Waals surface area contributed by atoms with E-state index >= 15 is 0 Å². The minimum absolute atomic E-state index is 0. The Morgan fingerprint density at radius 2 is 2.26 bits per heavy atom. The second-order valence-electron chi connectivity index (χ2n) is 3.68. The molecule has 0 aliphatic rings. The van der Waals surface area contributed by atoms with Gasteiger partial charge in [-0.3, -0.25) is 4.79 Å². The molecule has 0 aromatic heterocycles. The van der Waals surface area contributed by atoms with Gasteiger partial charge >= 0.3 is 5.97 Å². The molecule has 5 nitrogen and oxygen atoms in total. The summed E-state index contributed by atoms with van der Waals surface area (Å²) in [4.78, 5) is 20.8. The van der Waals surface area contributed by atoms with Gasteiger partial charge in [-0.2, -0.15) is 6.41 Å². The molecule has 110 valence electrons. The average molecular weight is 528 g/mol. The van der Waals surface area contributed by atoms with Crippen molar-refractivity contribution < 1.29 is 19.4 Å². The number of aryl methyl sites for hydroxylation is 1. The monoisotopic (exact) mass is 527 g/mol. The van der Waals surface area contributed by atoms with E-state index in [1.807, 2.05) is 6.92 Å². The molecule has 0 saturated carbocycles. The SMILES string of the molecule is Cc1cc(Cl)ccc1OCCC(N[C-]=O)C(=O)O.[Fm]. The Morgan fingerprint density at radius 1 is 1.58 bits per heavy atom. The van der Waals surface area contributed by atoms with Gasteiger partial charge in [-0.1, -0.05) is 11.6 Å². The normalized spacial score (nSPS) is 11.1. The number of carboxylic acid groups (broad SMARTS) is 1. The fourth-order valence-electron chi connectivity index (χ4n) is 1.39. The van der Waals surface area contributed by atoms with Crippen molar-refractivity contribution in [2.24, 2.45) is 0 Å². The third-order valence-corrected chi connectivity index (χ3v) is 2.57. The molecule has 0 bridgehead atoms. The first-order chi connectivity index (χ1) is 8.54. The van der Waals surface area contributed by atoms with Crippen LogP contribution in [-0.2, 0) is 9.59 Å². The van der Waals surface area contributed by atoms with E-state index < -0.39 is 12.0 Å². The Bertz CT molecular complexity index is 442. The van der Waals surface area contributed by atoms with E-state index in [4.69, 9.17) is 21.4 Å². The number of benzene rings is 1. The summed E-state index contributed by atoms with van der Waals surface area (Å²) in [5.74, 6) is -0.478. The topological polar surface area (TPSA) is 75.6 Å². The van der Waals surface area contributed by atoms with Crippen LogP contribution in [0.1, 0.15) is 12.0 Å². The molecule has 0 saturated heterocycles. The third kappa shape index (κ3) is 4.95. The van der Waals surface area contributed by atoms with E-state index in [2.05, 4.69) is 5.32 Å². The van der Waals surface area contributed by atoms with Crippen LogP contribution in [0.4, 0.5) is 0 Å². The number of nitrogens with one attached hydrogen (secondary N) is 1. The maximum Gasteiger partial charge on any atom is 0.323 e. The summed E-state index contributed by atoms with van der Waals surface area (Å²) in [6.45, 7) is 2.02. The van der Waals surface area contributed by atoms with Crippen LogP contribution in [0.2, 0.25) is 5.02 Å². The summed E-state index contributed by atoms with van der Waals surface area (Å²) in [5, 5.41) is 11.5. The van der Waals surface area contributed by atoms with Gasteiger partial charge in [-0.15, -0.1) is 0 Å². The van der Waals surface area contributed by atoms with Gasteiger partial charge in [0.05, 0.1) is 6.61 Å². The standard InChI is InChI=1S/C12H13ClNO4.Fm/c1-8-6-9(13)2-3-11(8)18-5-4-10(12(16)17)14-7-15;/h2-3,6,10H,4-5H2,1H3,(H,14,15)(H,16,17);/q-1;. The van der Waals surface area contributed by atoms with Crippen LogP contribution in [-0.4, -0.2) is 30.1 Å². The van der Waals surface area contributed by atoms with E-state index in [1.165, 1.54) is 6.41 Å². The van der Waals surface area contributed by atoms with Gasteiger partial charge in [-0.25, -0.2) is 0 Å². The molecule has 0 fully saturated rings. The summed E-state index contributed by atoms with van der Waals surface area (Å²) in [6.07, 6.45) is 1.52. The Kier molecular flexibility index (Phi) is 6.46. The zero-order chi connectivity index (χ0) is 13.5. The smallest absolute Gasteiger partial charge is 0.323 e. The molecule has 1 aromatic carbocycles. The second kappa shape index (κ2) is 7.55. The van der Waals surface area contributed by atoms with Crippen molar-refractivity contribution in [3.8, 4) is 5.75 Å². The number of carboxylic acids is 1. The quantitative estimate of drug-likeness (QED) is 0.417. The van der Waals surface area contributed by atoms with E-state index in [1.54, 1.807) is 18.2 Å². The second-order valence-corrected chi connectivity index (χ2v) is 4.12. The van der Waals surface area contributed by atoms with Crippen LogP contribution >= 0.6 is 11.6 Å². The minimum Gasteiger partial charge on any atom is -0.520 e. The molecular weight excluding hydrogens is 515 g/mol. The largest absolute Gasteiger partial charge is 0.520 e. The average Bonchev–Trinajstić information content (AvgIpc) is 2.30. The Balaban J connectivity index is 0.00000324. The number of halogens is 1. The molecule has 0 radical (unpaired) electrons. The number of amides is 1. The van der Waals surface area contributed by atoms with Gasteiger partial charge in [0.2, 0.25) is 0 Å². The van der Waals surface area contributed by atoms with Crippen LogP contribution in [0.3, 0.4) is 0 Å². The van der Waals surface area contributed by atoms with Crippen molar-refractivity contribution in [3.05, 3.63) is 28.8 Å². The molecule has 0 aliphatic heterocycles. The molecule has 0 aliphatic carbocycles. The van der Waals surface area contributed by atoms with Gasteiger partial charge in [0.15, 0.2) is 0 Å². The molecule has 19 heavy (non-hydrogen) atoms. The summed E-state index contributed by atoms with van der Waals surface area (Å²) in [7, 11) is 0. The van der Waals surface area contributed by atoms with Crippen molar-refractivity contribution >= 4 is 24.0 Å². The van der Waals surface area contributed by atoms with Crippen LogP contribution in [0, 0.1) is 6.92 Å². The van der Waals surface area contributed by atoms with E-state index in [0.29, 0.717) is 10.8 Å². The fraction of sp³-hybridized carbons (Fsp3) is 0.333. The van der Waals surface area contributed by atoms with Crippen LogP contribution in [0.25, 0.3) is 0 Å². The zero-order valence-electron chi connectivity index (χ0n) is 10.1. The van der Waals surface area contributed by atoms with Gasteiger partial charge in [-0.05, 0) is 30.7 Å². The first-order valence-electron chi connectivity index (χ1n) is 5.29. The summed E-state index contributed by atoms with van der Waals surface area (Å²) in [5.41, 5.74) is 0.865. The molecule has 7 heteroatoms. The van der Waals surface area contributed by atoms with E-state index in [9.17, 15) is 9.59 Å². The number of carbonyl (C=O) groups excluding carboxylic acids is 1. The van der Waals surface area contributed by atoms with Crippen molar-refractivity contribution in [2.75, 3.05) is 6.61 Å². The predicted molar refractivity (Wildman–Crippen MR) is 66.6 cm³/mol. The maximum absolute atomic E-state index is 10.7. The van der Waals surface area contributed by atoms with Crippen molar-refractivity contribution in [1.82, 2.24) is 5.32 Å². The summed E-state index contributed by atoms with van der Waals surface area (Å²) in [6, 6.07) is 4.17. The van der Waals surface area contributed by atoms with Gasteiger partial charge in [0.25, 0.3) is 0 Å². The summed E-state index contributed by atoms with van der Waals surface area (Å²) >= 11 is 5.80. The molecule has 2 N–H and O–H groups in total. The first-order valence-corrected chi connectivity index (χ1v) is 5.67. The molecule has 1 aromatic rings. The Labute approximate surface area is 110 Å². The molecule has 1 unspecified atom stereocenters. The van der Waals surface area contributed by atoms with E-state index in [0.717, 1.165) is 5.56 Å². The number of rotatable bonds is 7. The molecule has 1 amide bonds.